The number of rotatable bonds is 7. The number of nitrogens with one attached hydrogen (secondary N) is 1. The maximum atomic E-state index is 13.3. The van der Waals surface area contributed by atoms with Crippen molar-refractivity contribution in [2.45, 2.75) is 31.1 Å². The second-order valence-electron chi connectivity index (χ2n) is 8.87. The smallest absolute Gasteiger partial charge is 0.263 e. The third-order valence-electron chi connectivity index (χ3n) is 5.20. The van der Waals surface area contributed by atoms with Gasteiger partial charge in [-0.15, -0.1) is 0 Å². The van der Waals surface area contributed by atoms with Crippen LogP contribution in [0.5, 0.6) is 17.2 Å². The van der Waals surface area contributed by atoms with Crippen molar-refractivity contribution in [1.82, 2.24) is 19.9 Å². The molecule has 0 saturated heterocycles. The molecule has 0 radical (unpaired) electrons. The monoisotopic (exact) mass is 559 g/mol. The lowest BCUT2D eigenvalue weighted by Crippen LogP contribution is -2.17. The van der Waals surface area contributed by atoms with Gasteiger partial charge in [0.15, 0.2) is 16.8 Å². The first kappa shape index (κ1) is 26.6. The van der Waals surface area contributed by atoms with E-state index in [0.717, 1.165) is 5.56 Å². The Morgan fingerprint density at radius 2 is 1.59 bits per heavy atom. The van der Waals surface area contributed by atoms with Crippen LogP contribution in [0.3, 0.4) is 0 Å². The first-order chi connectivity index (χ1) is 17.5. The molecular weight excluding hydrogens is 537 g/mol. The number of benzene rings is 2. The Balaban J connectivity index is 1.80. The van der Waals surface area contributed by atoms with Crippen LogP contribution < -0.4 is 14.2 Å². The van der Waals surface area contributed by atoms with Crippen LogP contribution in [0.25, 0.3) is 11.6 Å². The first-order valence-corrected chi connectivity index (χ1v) is 13.2. The summed E-state index contributed by atoms with van der Waals surface area (Å²) in [6, 6.07) is 12.9. The van der Waals surface area contributed by atoms with Crippen LogP contribution in [0.1, 0.15) is 26.3 Å². The predicted octanol–water partition coefficient (Wildman–Crippen LogP) is 6.14. The predicted molar refractivity (Wildman–Crippen MR) is 142 cm³/mol. The number of hydrogen-bond acceptors (Lipinski definition) is 8. The molecule has 2 heterocycles. The molecule has 2 aromatic heterocycles. The van der Waals surface area contributed by atoms with E-state index in [2.05, 4.69) is 24.7 Å². The molecule has 0 bridgehead atoms. The van der Waals surface area contributed by atoms with Crippen LogP contribution in [-0.4, -0.2) is 35.5 Å². The van der Waals surface area contributed by atoms with Crippen LogP contribution in [0.2, 0.25) is 10.2 Å². The molecule has 37 heavy (non-hydrogen) atoms. The van der Waals surface area contributed by atoms with Gasteiger partial charge in [-0.2, -0.15) is 0 Å². The largest absolute Gasteiger partial charge is 0.497 e. The van der Waals surface area contributed by atoms with Gasteiger partial charge in [0.2, 0.25) is 11.6 Å². The minimum absolute atomic E-state index is 0.00419. The van der Waals surface area contributed by atoms with E-state index >= 15 is 0 Å². The Labute approximate surface area is 224 Å². The molecule has 0 fully saturated rings. The molecule has 0 unspecified atom stereocenters. The van der Waals surface area contributed by atoms with Gasteiger partial charge in [-0.05, 0) is 41.3 Å². The topological polar surface area (TPSA) is 116 Å². The van der Waals surface area contributed by atoms with Gasteiger partial charge in [-0.25, -0.2) is 28.4 Å². The van der Waals surface area contributed by atoms with Crippen molar-refractivity contribution in [3.63, 3.8) is 0 Å². The highest BCUT2D eigenvalue weighted by atomic mass is 35.5. The number of hydrogen-bond donors (Lipinski definition) is 1. The number of anilines is 1. The highest BCUT2D eigenvalue weighted by Crippen LogP contribution is 2.40. The molecule has 192 valence electrons. The van der Waals surface area contributed by atoms with Gasteiger partial charge in [0, 0.05) is 18.5 Å². The zero-order valence-corrected chi connectivity index (χ0v) is 22.7. The van der Waals surface area contributed by atoms with Gasteiger partial charge in [-0.1, -0.05) is 56.1 Å². The van der Waals surface area contributed by atoms with Gasteiger partial charge in [0.1, 0.15) is 11.5 Å². The molecule has 0 amide bonds. The summed E-state index contributed by atoms with van der Waals surface area (Å²) in [6.07, 6.45) is 3.00. The third kappa shape index (κ3) is 6.10. The molecule has 4 aromatic rings. The van der Waals surface area contributed by atoms with Crippen LogP contribution in [-0.2, 0) is 15.4 Å². The summed E-state index contributed by atoms with van der Waals surface area (Å²) in [6.45, 7) is 6.12. The molecule has 0 spiro atoms. The molecule has 4 rings (SSSR count). The molecule has 0 aliphatic rings. The molecule has 0 saturated carbocycles. The van der Waals surface area contributed by atoms with Crippen LogP contribution in [0, 0.1) is 0 Å². The second-order valence-corrected chi connectivity index (χ2v) is 11.3. The lowest BCUT2D eigenvalue weighted by molar-refractivity contribution is 0.409. The van der Waals surface area contributed by atoms with Crippen molar-refractivity contribution in [1.29, 1.82) is 0 Å². The Morgan fingerprint density at radius 3 is 2.22 bits per heavy atom. The Kier molecular flexibility index (Phi) is 7.54. The first-order valence-electron chi connectivity index (χ1n) is 11.0. The Morgan fingerprint density at radius 1 is 0.919 bits per heavy atom. The summed E-state index contributed by atoms with van der Waals surface area (Å²) in [5.74, 6) is 0.380. The van der Waals surface area contributed by atoms with Crippen molar-refractivity contribution in [3.05, 3.63) is 76.7 Å². The normalized spacial score (nSPS) is 11.7. The van der Waals surface area contributed by atoms with E-state index in [0.29, 0.717) is 5.75 Å². The number of methoxy groups -OCH3 is 1. The number of halogens is 2. The van der Waals surface area contributed by atoms with E-state index in [9.17, 15) is 8.42 Å². The molecule has 1 N–H and O–H groups in total. The average molecular weight is 560 g/mol. The fourth-order valence-electron chi connectivity index (χ4n) is 3.22. The molecule has 2 aromatic carbocycles. The molecule has 0 atom stereocenters. The Hall–Kier alpha value is -3.47. The van der Waals surface area contributed by atoms with Crippen molar-refractivity contribution in [2.24, 2.45) is 0 Å². The quantitative estimate of drug-likeness (QED) is 0.268. The lowest BCUT2D eigenvalue weighted by atomic mass is 9.87. The highest BCUT2D eigenvalue weighted by molar-refractivity contribution is 7.92. The van der Waals surface area contributed by atoms with Gasteiger partial charge in [0.05, 0.1) is 17.0 Å². The van der Waals surface area contributed by atoms with Crippen molar-refractivity contribution in [3.8, 4) is 28.9 Å². The van der Waals surface area contributed by atoms with Gasteiger partial charge < -0.3 is 9.47 Å². The minimum Gasteiger partial charge on any atom is -0.497 e. The van der Waals surface area contributed by atoms with Crippen LogP contribution in [0.4, 0.5) is 5.82 Å². The van der Waals surface area contributed by atoms with E-state index in [1.165, 1.54) is 37.7 Å². The van der Waals surface area contributed by atoms with Crippen molar-refractivity contribution in [2.75, 3.05) is 11.8 Å². The van der Waals surface area contributed by atoms with E-state index in [1.54, 1.807) is 30.3 Å². The van der Waals surface area contributed by atoms with Crippen molar-refractivity contribution < 1.29 is 17.9 Å². The fourth-order valence-corrected chi connectivity index (χ4v) is 4.59. The molecule has 0 aliphatic carbocycles. The van der Waals surface area contributed by atoms with Crippen LogP contribution in [0.15, 0.2) is 65.8 Å². The summed E-state index contributed by atoms with van der Waals surface area (Å²) in [5.41, 5.74) is 0.842. The van der Waals surface area contributed by atoms with Gasteiger partial charge >= 0.3 is 0 Å². The maximum absolute atomic E-state index is 13.3. The zero-order chi connectivity index (χ0) is 26.8. The number of nitrogens with zero attached hydrogens (tertiary/aromatic N) is 4. The summed E-state index contributed by atoms with van der Waals surface area (Å²) < 4.78 is 40.3. The lowest BCUT2D eigenvalue weighted by Gasteiger charge is -2.19. The van der Waals surface area contributed by atoms with Gasteiger partial charge in [0.25, 0.3) is 10.0 Å². The fraction of sp³-hybridized carbons (Fsp3) is 0.200. The SMILES string of the molecule is COc1ccc(Cl)c(Oc2c(Cl)nc(-c3ncccn3)nc2NS(=O)(=O)c2ccc(C(C)(C)C)cc2)c1. The minimum atomic E-state index is -4.11. The molecule has 9 nitrogen and oxygen atoms in total. The number of ether oxygens (including phenoxy) is 2. The summed E-state index contributed by atoms with van der Waals surface area (Å²) >= 11 is 12.8. The van der Waals surface area contributed by atoms with E-state index < -0.39 is 10.0 Å². The number of sulfonamides is 1. The molecule has 0 aliphatic heterocycles. The summed E-state index contributed by atoms with van der Waals surface area (Å²) in [4.78, 5) is 16.8. The molecule has 12 heteroatoms. The highest BCUT2D eigenvalue weighted by Gasteiger charge is 2.25. The summed E-state index contributed by atoms with van der Waals surface area (Å²) in [7, 11) is -2.62. The van der Waals surface area contributed by atoms with E-state index in [4.69, 9.17) is 32.7 Å². The second kappa shape index (κ2) is 10.5. The van der Waals surface area contributed by atoms with Crippen molar-refractivity contribution >= 4 is 39.0 Å². The number of aromatic nitrogens is 4. The van der Waals surface area contributed by atoms with Gasteiger partial charge in [-0.3, -0.25) is 4.72 Å². The standard InChI is InChI=1S/C25H23Cl2N5O4S/c1-25(2,3)15-6-9-17(10-7-15)37(33,34)32-22-20(36-19-14-16(35-4)8-11-18(19)26)21(27)30-24(31-22)23-28-12-5-13-29-23/h5-14H,1-4H3,(H,30,31,32). The molecular formula is C25H23Cl2N5O4S. The average Bonchev–Trinajstić information content (AvgIpc) is 2.87. The van der Waals surface area contributed by atoms with Crippen LogP contribution >= 0.6 is 23.2 Å². The Bertz CT molecular complexity index is 1530. The maximum Gasteiger partial charge on any atom is 0.263 e. The summed E-state index contributed by atoms with van der Waals surface area (Å²) in [5, 5.41) is 0.0519. The third-order valence-corrected chi connectivity index (χ3v) is 7.13. The van der Waals surface area contributed by atoms with E-state index in [-0.39, 0.29) is 49.5 Å². The zero-order valence-electron chi connectivity index (χ0n) is 20.4. The van der Waals surface area contributed by atoms with E-state index in [1.807, 2.05) is 20.8 Å².